The van der Waals surface area contributed by atoms with E-state index in [1.54, 1.807) is 6.07 Å². The van der Waals surface area contributed by atoms with Crippen LogP contribution >= 0.6 is 45.2 Å². The van der Waals surface area contributed by atoms with Crippen molar-refractivity contribution >= 4 is 62.9 Å². The van der Waals surface area contributed by atoms with Crippen LogP contribution in [0.4, 0.5) is 5.82 Å². The number of hydrogen-bond acceptors (Lipinski definition) is 5. The summed E-state index contributed by atoms with van der Waals surface area (Å²) in [6.45, 7) is 0. The van der Waals surface area contributed by atoms with E-state index in [4.69, 9.17) is 5.73 Å². The lowest BCUT2D eigenvalue weighted by molar-refractivity contribution is 0.0695. The van der Waals surface area contributed by atoms with Crippen LogP contribution in [-0.4, -0.2) is 32.2 Å². The molecule has 23 heavy (non-hydrogen) atoms. The predicted molar refractivity (Wildman–Crippen MR) is 97.9 cm³/mol. The Hall–Kier alpha value is -1.83. The smallest absolute Gasteiger partial charge is 0.342 e. The van der Waals surface area contributed by atoms with E-state index < -0.39 is 40.0 Å². The van der Waals surface area contributed by atoms with E-state index in [0.29, 0.717) is 7.14 Å². The summed E-state index contributed by atoms with van der Waals surface area (Å²) >= 11 is 3.73. The van der Waals surface area contributed by atoms with Gasteiger partial charge in [-0.25, -0.2) is 9.59 Å². The lowest BCUT2D eigenvalue weighted by Gasteiger charge is -2.14. The number of rotatable bonds is 3. The molecule has 0 saturated carbocycles. The molecular weight excluding hydrogens is 534 g/mol. The van der Waals surface area contributed by atoms with Crippen molar-refractivity contribution < 1.29 is 24.9 Å². The number of aromatic carboxylic acids is 2. The summed E-state index contributed by atoms with van der Waals surface area (Å²) in [5.74, 6) is -3.97. The Bertz CT molecular complexity index is 906. The van der Waals surface area contributed by atoms with Gasteiger partial charge in [0, 0.05) is 14.7 Å². The number of aromatic hydroxyl groups is 1. The number of benzene rings is 1. The Balaban J connectivity index is 3.10. The summed E-state index contributed by atoms with van der Waals surface area (Å²) in [4.78, 5) is 36.9. The first-order valence-corrected chi connectivity index (χ1v) is 8.01. The number of halogens is 2. The molecule has 0 aliphatic heterocycles. The third-order valence-electron chi connectivity index (χ3n) is 2.97. The topological polar surface area (TPSA) is 154 Å². The Morgan fingerprint density at radius 3 is 2.17 bits per heavy atom. The van der Waals surface area contributed by atoms with Gasteiger partial charge >= 0.3 is 11.9 Å². The molecule has 0 saturated heterocycles. The van der Waals surface area contributed by atoms with Crippen LogP contribution in [0.3, 0.4) is 0 Å². The molecule has 0 unspecified atom stereocenters. The molecule has 0 spiro atoms. The van der Waals surface area contributed by atoms with Gasteiger partial charge in [-0.3, -0.25) is 4.79 Å². The number of carboxylic acids is 2. The molecule has 2 rings (SSSR count). The van der Waals surface area contributed by atoms with Gasteiger partial charge in [-0.05, 0) is 57.3 Å². The van der Waals surface area contributed by atoms with E-state index in [9.17, 15) is 29.7 Å². The van der Waals surface area contributed by atoms with Crippen LogP contribution in [0.1, 0.15) is 20.7 Å². The van der Waals surface area contributed by atoms with Gasteiger partial charge in [0.2, 0.25) is 0 Å². The fraction of sp³-hybridized carbons (Fsp3) is 0. The van der Waals surface area contributed by atoms with Gasteiger partial charge < -0.3 is 26.0 Å². The van der Waals surface area contributed by atoms with Crippen molar-refractivity contribution in [3.05, 3.63) is 40.8 Å². The van der Waals surface area contributed by atoms with E-state index >= 15 is 0 Å². The van der Waals surface area contributed by atoms with Crippen molar-refractivity contribution in [1.29, 1.82) is 0 Å². The second-order valence-electron chi connectivity index (χ2n) is 4.39. The Morgan fingerprint density at radius 2 is 1.65 bits per heavy atom. The van der Waals surface area contributed by atoms with E-state index in [2.05, 4.69) is 0 Å². The molecule has 1 aromatic carbocycles. The summed E-state index contributed by atoms with van der Waals surface area (Å²) < 4.78 is 0.988. The molecule has 0 aliphatic rings. The zero-order valence-electron chi connectivity index (χ0n) is 11.1. The van der Waals surface area contributed by atoms with Crippen LogP contribution in [0.2, 0.25) is 0 Å². The number of carbonyl (C=O) groups is 2. The number of nitrogens with one attached hydrogen (secondary N) is 1. The lowest BCUT2D eigenvalue weighted by Crippen LogP contribution is -2.24. The third kappa shape index (κ3) is 3.12. The molecule has 0 radical (unpaired) electrons. The highest BCUT2D eigenvalue weighted by Gasteiger charge is 2.28. The van der Waals surface area contributed by atoms with Crippen LogP contribution < -0.4 is 11.3 Å². The SMILES string of the molecule is Nc1[nH]c(=O)c(C(=O)O)c(-c2cc(I)cc(I)c2O)c1C(=O)O. The van der Waals surface area contributed by atoms with Crippen LogP contribution in [0.25, 0.3) is 11.1 Å². The molecule has 6 N–H and O–H groups in total. The molecular formula is C13H8I2N2O6. The van der Waals surface area contributed by atoms with Crippen LogP contribution in [0.5, 0.6) is 5.75 Å². The number of nitrogens with two attached hydrogens (primary N) is 1. The average Bonchev–Trinajstić information content (AvgIpc) is 2.40. The van der Waals surface area contributed by atoms with Crippen molar-refractivity contribution in [2.75, 3.05) is 5.73 Å². The summed E-state index contributed by atoms with van der Waals surface area (Å²) in [6.07, 6.45) is 0. The number of hydrogen-bond donors (Lipinski definition) is 5. The van der Waals surface area contributed by atoms with Crippen molar-refractivity contribution in [2.45, 2.75) is 0 Å². The van der Waals surface area contributed by atoms with Gasteiger partial charge in [0.15, 0.2) is 0 Å². The van der Waals surface area contributed by atoms with E-state index in [1.165, 1.54) is 6.07 Å². The zero-order valence-corrected chi connectivity index (χ0v) is 15.4. The van der Waals surface area contributed by atoms with Gasteiger partial charge in [0.1, 0.15) is 22.7 Å². The van der Waals surface area contributed by atoms with Gasteiger partial charge in [-0.2, -0.15) is 0 Å². The highest BCUT2D eigenvalue weighted by Crippen LogP contribution is 2.38. The second kappa shape index (κ2) is 6.35. The van der Waals surface area contributed by atoms with Crippen molar-refractivity contribution in [1.82, 2.24) is 4.98 Å². The quantitative estimate of drug-likeness (QED) is 0.372. The van der Waals surface area contributed by atoms with Gasteiger partial charge in [0.05, 0.1) is 3.57 Å². The number of pyridine rings is 1. The van der Waals surface area contributed by atoms with E-state index in [1.807, 2.05) is 50.2 Å². The fourth-order valence-corrected chi connectivity index (χ4v) is 3.92. The molecule has 0 bridgehead atoms. The number of aromatic nitrogens is 1. The van der Waals surface area contributed by atoms with Gasteiger partial charge in [-0.1, -0.05) is 0 Å². The normalized spacial score (nSPS) is 10.5. The Labute approximate surface area is 155 Å². The number of phenolic OH excluding ortho intramolecular Hbond substituents is 1. The Morgan fingerprint density at radius 1 is 1.09 bits per heavy atom. The standard InChI is InChI=1S/C13H8I2N2O6/c14-3-1-4(9(18)5(15)2-3)6-7(12(20)21)10(16)17-11(19)8(6)13(22)23/h1-2,18H,(H,20,21)(H,22,23)(H3,16,17,19). The van der Waals surface area contributed by atoms with Crippen molar-refractivity contribution in [2.24, 2.45) is 0 Å². The second-order valence-corrected chi connectivity index (χ2v) is 6.79. The molecule has 0 amide bonds. The maximum Gasteiger partial charge on any atom is 0.342 e. The number of H-pyrrole nitrogens is 1. The first kappa shape index (κ1) is 17.5. The first-order chi connectivity index (χ1) is 10.6. The zero-order chi connectivity index (χ0) is 17.5. The monoisotopic (exact) mass is 542 g/mol. The largest absolute Gasteiger partial charge is 0.506 e. The average molecular weight is 542 g/mol. The molecule has 1 heterocycles. The number of aromatic amines is 1. The fourth-order valence-electron chi connectivity index (χ4n) is 2.07. The van der Waals surface area contributed by atoms with Crippen molar-refractivity contribution in [3.63, 3.8) is 0 Å². The summed E-state index contributed by atoms with van der Waals surface area (Å²) in [5.41, 5.74) is 2.58. The predicted octanol–water partition coefficient (Wildman–Crippen LogP) is 1.94. The number of anilines is 1. The minimum atomic E-state index is -1.63. The molecule has 0 atom stereocenters. The van der Waals surface area contributed by atoms with Crippen LogP contribution in [0, 0.1) is 7.14 Å². The number of phenols is 1. The first-order valence-electron chi connectivity index (χ1n) is 5.85. The molecule has 2 aromatic rings. The van der Waals surface area contributed by atoms with Gasteiger partial charge in [-0.15, -0.1) is 0 Å². The molecule has 1 aromatic heterocycles. The lowest BCUT2D eigenvalue weighted by atomic mass is 9.95. The molecule has 0 aliphatic carbocycles. The van der Waals surface area contributed by atoms with Crippen LogP contribution in [0.15, 0.2) is 16.9 Å². The van der Waals surface area contributed by atoms with Crippen LogP contribution in [-0.2, 0) is 0 Å². The molecule has 10 heteroatoms. The summed E-state index contributed by atoms with van der Waals surface area (Å²) in [5, 5.41) is 28.9. The molecule has 120 valence electrons. The maximum absolute atomic E-state index is 11.9. The third-order valence-corrected chi connectivity index (χ3v) is 4.41. The van der Waals surface area contributed by atoms with Gasteiger partial charge in [0.25, 0.3) is 5.56 Å². The molecule has 0 fully saturated rings. The summed E-state index contributed by atoms with van der Waals surface area (Å²) in [6, 6.07) is 2.99. The molecule has 8 nitrogen and oxygen atoms in total. The minimum Gasteiger partial charge on any atom is -0.506 e. The highest BCUT2D eigenvalue weighted by atomic mass is 127. The highest BCUT2D eigenvalue weighted by molar-refractivity contribution is 14.1. The number of carboxylic acid groups (broad SMARTS) is 2. The van der Waals surface area contributed by atoms with E-state index in [-0.39, 0.29) is 11.3 Å². The van der Waals surface area contributed by atoms with E-state index in [0.717, 1.165) is 0 Å². The maximum atomic E-state index is 11.9. The number of nitrogen functional groups attached to an aromatic ring is 1. The van der Waals surface area contributed by atoms with Crippen molar-refractivity contribution in [3.8, 4) is 16.9 Å². The summed E-state index contributed by atoms with van der Waals surface area (Å²) in [7, 11) is 0. The Kier molecular flexibility index (Phi) is 4.84. The minimum absolute atomic E-state index is 0.0890.